The molecule has 2 N–H and O–H groups in total. The van der Waals surface area contributed by atoms with Gasteiger partial charge < -0.3 is 24.7 Å². The van der Waals surface area contributed by atoms with Crippen molar-refractivity contribution in [1.29, 1.82) is 0 Å². The number of H-pyrrole nitrogens is 1. The molecule has 3 aromatic carbocycles. The Morgan fingerprint density at radius 2 is 1.78 bits per heavy atom. The molecule has 8 heteroatoms. The number of imidazole rings is 1. The quantitative estimate of drug-likeness (QED) is 0.0854. The van der Waals surface area contributed by atoms with Crippen molar-refractivity contribution in [2.75, 3.05) is 43.1 Å². The number of carbonyl (C=O) groups is 1. The number of aromatic amines is 1. The second kappa shape index (κ2) is 18.7. The number of unbranched alkanes of at least 4 members (excludes halogenated alkanes) is 1. The van der Waals surface area contributed by atoms with E-state index in [1.807, 2.05) is 30.5 Å². The third-order valence-electron chi connectivity index (χ3n) is 8.46. The number of aromatic nitrogens is 2. The summed E-state index contributed by atoms with van der Waals surface area (Å²) in [7, 11) is 0. The van der Waals surface area contributed by atoms with Crippen molar-refractivity contribution >= 4 is 35.1 Å². The number of ether oxygens (including phenoxy) is 2. The normalized spacial score (nSPS) is 14.1. The average molecular weight is 681 g/mol. The molecule has 1 aliphatic rings. The highest BCUT2D eigenvalue weighted by Gasteiger charge is 2.19. The predicted molar refractivity (Wildman–Crippen MR) is 205 cm³/mol. The summed E-state index contributed by atoms with van der Waals surface area (Å²) in [5.41, 5.74) is 7.24. The Kier molecular flexibility index (Phi) is 13.8. The van der Waals surface area contributed by atoms with E-state index in [0.717, 1.165) is 108 Å². The smallest absolute Gasteiger partial charge is 0.251 e. The van der Waals surface area contributed by atoms with Gasteiger partial charge in [0.25, 0.3) is 5.91 Å². The highest BCUT2D eigenvalue weighted by Crippen LogP contribution is 2.33. The molecule has 5 rings (SSSR count). The number of fused-ring (bicyclic) bond motifs is 1. The molecule has 49 heavy (non-hydrogen) atoms. The van der Waals surface area contributed by atoms with Gasteiger partial charge in [-0.1, -0.05) is 58.7 Å². The van der Waals surface area contributed by atoms with Crippen molar-refractivity contribution in [2.24, 2.45) is 5.92 Å². The van der Waals surface area contributed by atoms with Gasteiger partial charge in [0.1, 0.15) is 18.2 Å². The standard InChI is InChI=1S/C41H52N4O3S/c1-5-7-22-47-23-24-48-37-16-11-31(12-17-37)32-13-20-39-34(25-32)26-33(10-8-21-45(39)28-30(3)4)41(46)44-35-14-18-38(19-15-35)49-29-40-42-27-36(43-40)9-6-2/h11-20,25-27,30H,5-10,21-24,28-29H2,1-4H3,(H,42,43)(H,44,46)/b33-26+. The van der Waals surface area contributed by atoms with Crippen molar-refractivity contribution in [3.63, 3.8) is 0 Å². The molecular weight excluding hydrogens is 629 g/mol. The van der Waals surface area contributed by atoms with Crippen LogP contribution in [0.15, 0.2) is 83.4 Å². The van der Waals surface area contributed by atoms with Gasteiger partial charge in [0, 0.05) is 53.4 Å². The van der Waals surface area contributed by atoms with Gasteiger partial charge in [-0.2, -0.15) is 0 Å². The molecule has 0 atom stereocenters. The van der Waals surface area contributed by atoms with E-state index < -0.39 is 0 Å². The van der Waals surface area contributed by atoms with E-state index >= 15 is 0 Å². The molecule has 0 aliphatic carbocycles. The maximum absolute atomic E-state index is 13.7. The molecule has 0 radical (unpaired) electrons. The van der Waals surface area contributed by atoms with Crippen molar-refractivity contribution in [3.8, 4) is 16.9 Å². The van der Waals surface area contributed by atoms with Gasteiger partial charge in [0.15, 0.2) is 0 Å². The first kappa shape index (κ1) is 36.3. The lowest BCUT2D eigenvalue weighted by Crippen LogP contribution is -2.30. The zero-order valence-electron chi connectivity index (χ0n) is 29.6. The number of nitrogens with one attached hydrogen (secondary N) is 2. The van der Waals surface area contributed by atoms with Gasteiger partial charge in [-0.3, -0.25) is 4.79 Å². The fraction of sp³-hybridized carbons (Fsp3) is 0.415. The number of anilines is 2. The van der Waals surface area contributed by atoms with E-state index in [1.54, 1.807) is 11.8 Å². The Bertz CT molecular complexity index is 1650. The first-order chi connectivity index (χ1) is 23.9. The van der Waals surface area contributed by atoms with Crippen LogP contribution in [0, 0.1) is 5.92 Å². The van der Waals surface area contributed by atoms with E-state index in [0.29, 0.717) is 19.1 Å². The van der Waals surface area contributed by atoms with Crippen LogP contribution >= 0.6 is 11.8 Å². The molecule has 260 valence electrons. The summed E-state index contributed by atoms with van der Waals surface area (Å²) in [5.74, 6) is 3.09. The topological polar surface area (TPSA) is 79.5 Å². The first-order valence-electron chi connectivity index (χ1n) is 17.9. The van der Waals surface area contributed by atoms with E-state index in [9.17, 15) is 4.79 Å². The number of carbonyl (C=O) groups excluding carboxylic acids is 1. The van der Waals surface area contributed by atoms with E-state index in [2.05, 4.69) is 96.4 Å². The molecule has 0 saturated heterocycles. The van der Waals surface area contributed by atoms with Gasteiger partial charge >= 0.3 is 0 Å². The maximum Gasteiger partial charge on any atom is 0.251 e. The number of benzene rings is 3. The minimum absolute atomic E-state index is 0.0479. The van der Waals surface area contributed by atoms with Gasteiger partial charge in [0.2, 0.25) is 0 Å². The highest BCUT2D eigenvalue weighted by atomic mass is 32.2. The van der Waals surface area contributed by atoms with Crippen LogP contribution in [0.1, 0.15) is 76.9 Å². The van der Waals surface area contributed by atoms with Crippen molar-refractivity contribution < 1.29 is 14.3 Å². The number of amides is 1. The maximum atomic E-state index is 13.7. The Morgan fingerprint density at radius 1 is 0.980 bits per heavy atom. The molecule has 0 spiro atoms. The van der Waals surface area contributed by atoms with Crippen LogP contribution in [0.2, 0.25) is 0 Å². The Balaban J connectivity index is 1.27. The minimum Gasteiger partial charge on any atom is -0.491 e. The van der Waals surface area contributed by atoms with Crippen LogP contribution in [0.4, 0.5) is 11.4 Å². The zero-order chi connectivity index (χ0) is 34.4. The predicted octanol–water partition coefficient (Wildman–Crippen LogP) is 9.80. The van der Waals surface area contributed by atoms with Crippen LogP contribution in [0.5, 0.6) is 5.75 Å². The van der Waals surface area contributed by atoms with Crippen molar-refractivity contribution in [3.05, 3.63) is 95.6 Å². The summed E-state index contributed by atoms with van der Waals surface area (Å²) in [6.07, 6.45) is 9.99. The molecule has 0 unspecified atom stereocenters. The summed E-state index contributed by atoms with van der Waals surface area (Å²) in [6, 6.07) is 22.9. The van der Waals surface area contributed by atoms with Crippen LogP contribution in [-0.2, 0) is 21.7 Å². The second-order valence-corrected chi connectivity index (χ2v) is 14.1. The zero-order valence-corrected chi connectivity index (χ0v) is 30.4. The summed E-state index contributed by atoms with van der Waals surface area (Å²) in [6.45, 7) is 12.6. The van der Waals surface area contributed by atoms with Crippen LogP contribution in [0.3, 0.4) is 0 Å². The Hall–Kier alpha value is -4.01. The molecule has 4 aromatic rings. The fourth-order valence-electron chi connectivity index (χ4n) is 5.97. The summed E-state index contributed by atoms with van der Waals surface area (Å²) >= 11 is 1.73. The lowest BCUT2D eigenvalue weighted by Gasteiger charge is -2.30. The molecule has 1 aromatic heterocycles. The third-order valence-corrected chi connectivity index (χ3v) is 9.49. The van der Waals surface area contributed by atoms with Gasteiger partial charge in [-0.15, -0.1) is 11.8 Å². The van der Waals surface area contributed by atoms with Crippen LogP contribution < -0.4 is 15.0 Å². The van der Waals surface area contributed by atoms with Crippen molar-refractivity contribution in [2.45, 2.75) is 76.9 Å². The summed E-state index contributed by atoms with van der Waals surface area (Å²) in [4.78, 5) is 25.2. The first-order valence-corrected chi connectivity index (χ1v) is 18.9. The highest BCUT2D eigenvalue weighted by molar-refractivity contribution is 7.98. The molecule has 1 aliphatic heterocycles. The molecule has 1 amide bonds. The lowest BCUT2D eigenvalue weighted by atomic mass is 9.96. The monoisotopic (exact) mass is 680 g/mol. The van der Waals surface area contributed by atoms with E-state index in [4.69, 9.17) is 9.47 Å². The minimum atomic E-state index is -0.0479. The number of hydrogen-bond acceptors (Lipinski definition) is 6. The summed E-state index contributed by atoms with van der Waals surface area (Å²) < 4.78 is 11.5. The van der Waals surface area contributed by atoms with Gasteiger partial charge in [0.05, 0.1) is 12.4 Å². The largest absolute Gasteiger partial charge is 0.491 e. The molecule has 0 fully saturated rings. The SMILES string of the molecule is CCCCOCCOc1ccc(-c2ccc3c(c2)/C=C(/C(=O)Nc2ccc(SCc4ncc(CCC)[nH]4)cc2)CCCN3CC(C)C)cc1. The molecule has 2 heterocycles. The number of hydrogen-bond donors (Lipinski definition) is 2. The van der Waals surface area contributed by atoms with Crippen molar-refractivity contribution in [1.82, 2.24) is 9.97 Å². The van der Waals surface area contributed by atoms with Gasteiger partial charge in [-0.05, 0) is 103 Å². The van der Waals surface area contributed by atoms with E-state index in [1.165, 1.54) is 11.4 Å². The second-order valence-electron chi connectivity index (χ2n) is 13.1. The number of aryl methyl sites for hydroxylation is 1. The molecule has 0 saturated carbocycles. The fourth-order valence-corrected chi connectivity index (χ4v) is 6.75. The third kappa shape index (κ3) is 11.0. The Morgan fingerprint density at radius 3 is 2.53 bits per heavy atom. The van der Waals surface area contributed by atoms with Crippen LogP contribution in [-0.4, -0.2) is 48.8 Å². The number of thioether (sulfide) groups is 1. The summed E-state index contributed by atoms with van der Waals surface area (Å²) in [5, 5.41) is 3.16. The molecule has 0 bridgehead atoms. The average Bonchev–Trinajstić information content (AvgIpc) is 3.55. The number of nitrogens with zero attached hydrogens (tertiary/aromatic N) is 2. The lowest BCUT2D eigenvalue weighted by molar-refractivity contribution is -0.112. The molecular formula is C41H52N4O3S. The van der Waals surface area contributed by atoms with Crippen LogP contribution in [0.25, 0.3) is 17.2 Å². The number of rotatable bonds is 17. The van der Waals surface area contributed by atoms with Gasteiger partial charge in [-0.25, -0.2) is 4.98 Å². The Labute approximate surface area is 296 Å². The van der Waals surface area contributed by atoms with E-state index in [-0.39, 0.29) is 5.91 Å². The molecule has 7 nitrogen and oxygen atoms in total.